The molecule has 0 aliphatic heterocycles. The molecule has 138 valence electrons. The Labute approximate surface area is 154 Å². The fraction of sp³-hybridized carbons (Fsp3) is 0.158. The van der Waals surface area contributed by atoms with Crippen LogP contribution in [0.4, 0.5) is 0 Å². The lowest BCUT2D eigenvalue weighted by atomic mass is 10.1. The zero-order valence-corrected chi connectivity index (χ0v) is 14.8. The zero-order chi connectivity index (χ0) is 19.4. The molecular formula is C19H18N4O4. The maximum absolute atomic E-state index is 12.5. The lowest BCUT2D eigenvalue weighted by Crippen LogP contribution is -2.27. The highest BCUT2D eigenvalue weighted by Gasteiger charge is 2.14. The number of nitrogens with zero attached hydrogens (tertiary/aromatic N) is 3. The summed E-state index contributed by atoms with van der Waals surface area (Å²) < 4.78 is 6.43. The number of aryl methyl sites for hydroxylation is 1. The number of carbonyl (C=O) groups is 1. The van der Waals surface area contributed by atoms with Crippen LogP contribution in [0, 0.1) is 0 Å². The molecule has 1 heterocycles. The van der Waals surface area contributed by atoms with Crippen molar-refractivity contribution in [3.63, 3.8) is 0 Å². The molecule has 27 heavy (non-hydrogen) atoms. The second kappa shape index (κ2) is 7.69. The first-order valence-electron chi connectivity index (χ1n) is 8.26. The van der Waals surface area contributed by atoms with Gasteiger partial charge in [-0.3, -0.25) is 9.59 Å². The predicted molar refractivity (Wildman–Crippen MR) is 101 cm³/mol. The first-order valence-corrected chi connectivity index (χ1v) is 8.26. The third-order valence-electron chi connectivity index (χ3n) is 3.84. The van der Waals surface area contributed by atoms with Crippen molar-refractivity contribution in [2.45, 2.75) is 6.92 Å². The number of phenolic OH excluding ortho intramolecular Hbond substituents is 1. The van der Waals surface area contributed by atoms with Crippen molar-refractivity contribution < 1.29 is 14.6 Å². The van der Waals surface area contributed by atoms with Crippen molar-refractivity contribution in [3.8, 4) is 11.5 Å². The Bertz CT molecular complexity index is 1090. The van der Waals surface area contributed by atoms with Gasteiger partial charge >= 0.3 is 0 Å². The first-order chi connectivity index (χ1) is 13.0. The monoisotopic (exact) mass is 366 g/mol. The fourth-order valence-corrected chi connectivity index (χ4v) is 2.57. The van der Waals surface area contributed by atoms with Crippen molar-refractivity contribution in [1.82, 2.24) is 15.2 Å². The molecule has 2 N–H and O–H groups in total. The molecule has 0 aliphatic rings. The number of aromatic nitrogens is 2. The predicted octanol–water partition coefficient (Wildman–Crippen LogP) is 1.80. The second-order valence-corrected chi connectivity index (χ2v) is 5.68. The van der Waals surface area contributed by atoms with Gasteiger partial charge in [-0.2, -0.15) is 10.2 Å². The number of hydrogen-bond donors (Lipinski definition) is 2. The van der Waals surface area contributed by atoms with Crippen molar-refractivity contribution in [2.24, 2.45) is 12.1 Å². The third-order valence-corrected chi connectivity index (χ3v) is 3.84. The number of rotatable bonds is 5. The molecule has 0 saturated heterocycles. The van der Waals surface area contributed by atoms with Gasteiger partial charge in [0.1, 0.15) is 0 Å². The minimum Gasteiger partial charge on any atom is -0.504 e. The first kappa shape index (κ1) is 18.1. The highest BCUT2D eigenvalue weighted by molar-refractivity contribution is 6.04. The van der Waals surface area contributed by atoms with Crippen molar-refractivity contribution in [3.05, 3.63) is 64.1 Å². The highest BCUT2D eigenvalue weighted by Crippen LogP contribution is 2.26. The number of carbonyl (C=O) groups excluding carboxylic acids is 1. The van der Waals surface area contributed by atoms with Gasteiger partial charge < -0.3 is 9.84 Å². The molecule has 3 aromatic rings. The number of hydrazone groups is 1. The molecule has 1 aromatic heterocycles. The van der Waals surface area contributed by atoms with Crippen LogP contribution >= 0.6 is 0 Å². The normalized spacial score (nSPS) is 11.0. The summed E-state index contributed by atoms with van der Waals surface area (Å²) in [5.41, 5.74) is 2.86. The van der Waals surface area contributed by atoms with Crippen LogP contribution in [0.3, 0.4) is 0 Å². The van der Waals surface area contributed by atoms with Gasteiger partial charge in [0.15, 0.2) is 17.2 Å². The van der Waals surface area contributed by atoms with Gasteiger partial charge in [0.05, 0.1) is 18.2 Å². The summed E-state index contributed by atoms with van der Waals surface area (Å²) in [6.45, 7) is 2.22. The number of phenols is 1. The maximum atomic E-state index is 12.5. The van der Waals surface area contributed by atoms with E-state index in [9.17, 15) is 14.7 Å². The smallest absolute Gasteiger partial charge is 0.292 e. The summed E-state index contributed by atoms with van der Waals surface area (Å²) >= 11 is 0. The van der Waals surface area contributed by atoms with E-state index in [0.717, 1.165) is 4.68 Å². The zero-order valence-electron chi connectivity index (χ0n) is 14.8. The third kappa shape index (κ3) is 3.79. The molecule has 0 saturated carbocycles. The van der Waals surface area contributed by atoms with Gasteiger partial charge in [0, 0.05) is 12.4 Å². The average molecular weight is 366 g/mol. The number of ether oxygens (including phenoxy) is 1. The SMILES string of the molecule is CCOc1cc(/C=N/NC(=O)c2nn(C)c(=O)c3ccccc23)ccc1O. The lowest BCUT2D eigenvalue weighted by molar-refractivity contribution is 0.0950. The van der Waals surface area contributed by atoms with Gasteiger partial charge in [0.25, 0.3) is 11.5 Å². The Morgan fingerprint density at radius 3 is 2.78 bits per heavy atom. The molecule has 8 nitrogen and oxygen atoms in total. The summed E-state index contributed by atoms with van der Waals surface area (Å²) in [7, 11) is 1.49. The summed E-state index contributed by atoms with van der Waals surface area (Å²) in [6.07, 6.45) is 1.42. The van der Waals surface area contributed by atoms with Crippen molar-refractivity contribution in [1.29, 1.82) is 0 Å². The van der Waals surface area contributed by atoms with E-state index in [2.05, 4.69) is 15.6 Å². The Kier molecular flexibility index (Phi) is 5.16. The van der Waals surface area contributed by atoms with Crippen molar-refractivity contribution >= 4 is 22.9 Å². The molecule has 0 radical (unpaired) electrons. The largest absolute Gasteiger partial charge is 0.504 e. The van der Waals surface area contributed by atoms with Crippen LogP contribution < -0.4 is 15.7 Å². The fourth-order valence-electron chi connectivity index (χ4n) is 2.57. The van der Waals surface area contributed by atoms with Crippen LogP contribution in [-0.4, -0.2) is 33.6 Å². The minimum atomic E-state index is -0.540. The number of aromatic hydroxyl groups is 1. The van der Waals surface area contributed by atoms with Crippen LogP contribution in [-0.2, 0) is 7.05 Å². The molecule has 0 unspecified atom stereocenters. The Morgan fingerprint density at radius 1 is 1.30 bits per heavy atom. The minimum absolute atomic E-state index is 0.0268. The van der Waals surface area contributed by atoms with Gasteiger partial charge in [0.2, 0.25) is 0 Å². The summed E-state index contributed by atoms with van der Waals surface area (Å²) in [4.78, 5) is 24.6. The van der Waals surface area contributed by atoms with Crippen molar-refractivity contribution in [2.75, 3.05) is 6.61 Å². The van der Waals surface area contributed by atoms with Gasteiger partial charge in [-0.15, -0.1) is 0 Å². The van der Waals surface area contributed by atoms with E-state index in [1.54, 1.807) is 36.4 Å². The van der Waals surface area contributed by atoms with Crippen LogP contribution in [0.5, 0.6) is 11.5 Å². The van der Waals surface area contributed by atoms with Gasteiger partial charge in [-0.1, -0.05) is 18.2 Å². The number of amides is 1. The van der Waals surface area contributed by atoms with Gasteiger partial charge in [-0.05, 0) is 36.8 Å². The molecule has 0 spiro atoms. The highest BCUT2D eigenvalue weighted by atomic mass is 16.5. The quantitative estimate of drug-likeness (QED) is 0.529. The standard InChI is InChI=1S/C19H18N4O4/c1-3-27-16-10-12(8-9-15(16)24)11-20-21-18(25)17-13-6-4-5-7-14(13)19(26)23(2)22-17/h4-11,24H,3H2,1-2H3,(H,21,25)/b20-11+. The molecule has 1 amide bonds. The Hall–Kier alpha value is -3.68. The van der Waals surface area contributed by atoms with E-state index >= 15 is 0 Å². The van der Waals surface area contributed by atoms with Crippen LogP contribution in [0.2, 0.25) is 0 Å². The Balaban J connectivity index is 1.84. The molecule has 0 fully saturated rings. The number of hydrogen-bond acceptors (Lipinski definition) is 6. The second-order valence-electron chi connectivity index (χ2n) is 5.68. The molecule has 2 aromatic carbocycles. The van der Waals surface area contributed by atoms with E-state index in [0.29, 0.717) is 28.7 Å². The molecular weight excluding hydrogens is 348 g/mol. The summed E-state index contributed by atoms with van der Waals surface area (Å²) in [6, 6.07) is 11.5. The molecule has 8 heteroatoms. The number of benzene rings is 2. The summed E-state index contributed by atoms with van der Waals surface area (Å²) in [5.74, 6) is -0.181. The molecule has 0 atom stereocenters. The van der Waals surface area contributed by atoms with Gasteiger partial charge in [-0.25, -0.2) is 10.1 Å². The van der Waals surface area contributed by atoms with Crippen LogP contribution in [0.25, 0.3) is 10.8 Å². The Morgan fingerprint density at radius 2 is 2.04 bits per heavy atom. The van der Waals surface area contributed by atoms with Crippen LogP contribution in [0.15, 0.2) is 52.4 Å². The number of nitrogens with one attached hydrogen (secondary N) is 1. The molecule has 3 rings (SSSR count). The van der Waals surface area contributed by atoms with E-state index in [4.69, 9.17) is 4.74 Å². The van der Waals surface area contributed by atoms with E-state index < -0.39 is 5.91 Å². The average Bonchev–Trinajstić information content (AvgIpc) is 2.67. The topological polar surface area (TPSA) is 106 Å². The molecule has 0 bridgehead atoms. The summed E-state index contributed by atoms with van der Waals surface area (Å²) in [5, 5.41) is 18.5. The van der Waals surface area contributed by atoms with Crippen LogP contribution in [0.1, 0.15) is 23.0 Å². The number of fused-ring (bicyclic) bond motifs is 1. The van der Waals surface area contributed by atoms with E-state index in [1.165, 1.54) is 19.3 Å². The van der Waals surface area contributed by atoms with E-state index in [1.807, 2.05) is 6.92 Å². The molecule has 0 aliphatic carbocycles. The van der Waals surface area contributed by atoms with E-state index in [-0.39, 0.29) is 17.0 Å². The lowest BCUT2D eigenvalue weighted by Gasteiger charge is -2.07. The maximum Gasteiger partial charge on any atom is 0.292 e.